The topological polar surface area (TPSA) is 21.3 Å². The van der Waals surface area contributed by atoms with Gasteiger partial charge in [0.15, 0.2) is 0 Å². The second-order valence-corrected chi connectivity index (χ2v) is 4.65. The highest BCUT2D eigenvalue weighted by atomic mass is 16.5. The molecule has 0 aromatic heterocycles. The van der Waals surface area contributed by atoms with Crippen LogP contribution in [0.3, 0.4) is 0 Å². The van der Waals surface area contributed by atoms with Crippen LogP contribution in [0.4, 0.5) is 0 Å². The van der Waals surface area contributed by atoms with E-state index in [-0.39, 0.29) is 0 Å². The third-order valence-electron chi connectivity index (χ3n) is 3.41. The van der Waals surface area contributed by atoms with E-state index in [1.807, 2.05) is 7.05 Å². The van der Waals surface area contributed by atoms with Crippen molar-refractivity contribution >= 4 is 0 Å². The van der Waals surface area contributed by atoms with Crippen LogP contribution in [0, 0.1) is 12.8 Å². The first-order valence-corrected chi connectivity index (χ1v) is 6.13. The molecule has 1 aliphatic rings. The van der Waals surface area contributed by atoms with Gasteiger partial charge in [-0.2, -0.15) is 0 Å². The molecule has 1 heterocycles. The fourth-order valence-electron chi connectivity index (χ4n) is 2.48. The summed E-state index contributed by atoms with van der Waals surface area (Å²) in [6.07, 6.45) is 2.45. The monoisotopic (exact) mass is 219 g/mol. The molecule has 0 bridgehead atoms. The molecule has 2 unspecified atom stereocenters. The van der Waals surface area contributed by atoms with Gasteiger partial charge in [-0.3, -0.25) is 0 Å². The largest absolute Gasteiger partial charge is 0.381 e. The van der Waals surface area contributed by atoms with E-state index in [0.717, 1.165) is 13.2 Å². The summed E-state index contributed by atoms with van der Waals surface area (Å²) in [6, 6.07) is 9.25. The van der Waals surface area contributed by atoms with Gasteiger partial charge in [-0.15, -0.1) is 0 Å². The van der Waals surface area contributed by atoms with E-state index >= 15 is 0 Å². The van der Waals surface area contributed by atoms with E-state index in [0.29, 0.717) is 12.0 Å². The van der Waals surface area contributed by atoms with E-state index < -0.39 is 0 Å². The molecule has 1 aromatic carbocycles. The van der Waals surface area contributed by atoms with Crippen molar-refractivity contribution in [2.24, 2.45) is 5.92 Å². The predicted octanol–water partition coefficient (Wildman–Crippen LogP) is 2.68. The standard InChI is InChI=1S/C14H21NO/c1-11-5-7-12(8-6-11)14(15-2)13-4-3-9-16-10-13/h5-8,13-15H,3-4,9-10H2,1-2H3. The molecule has 2 atom stereocenters. The summed E-state index contributed by atoms with van der Waals surface area (Å²) in [4.78, 5) is 0. The lowest BCUT2D eigenvalue weighted by molar-refractivity contribution is 0.0402. The first-order valence-electron chi connectivity index (χ1n) is 6.13. The van der Waals surface area contributed by atoms with Gasteiger partial charge in [0, 0.05) is 18.6 Å². The number of aryl methyl sites for hydroxylation is 1. The average molecular weight is 219 g/mol. The Bertz CT molecular complexity index is 314. The molecular weight excluding hydrogens is 198 g/mol. The van der Waals surface area contributed by atoms with Gasteiger partial charge >= 0.3 is 0 Å². The molecule has 2 heteroatoms. The Kier molecular flexibility index (Phi) is 3.97. The second kappa shape index (κ2) is 5.46. The fourth-order valence-corrected chi connectivity index (χ4v) is 2.48. The maximum atomic E-state index is 5.57. The van der Waals surface area contributed by atoms with Gasteiger partial charge in [0.05, 0.1) is 6.61 Å². The third-order valence-corrected chi connectivity index (χ3v) is 3.41. The van der Waals surface area contributed by atoms with Crippen molar-refractivity contribution in [3.05, 3.63) is 35.4 Å². The number of benzene rings is 1. The number of rotatable bonds is 3. The molecule has 0 saturated carbocycles. The minimum absolute atomic E-state index is 0.431. The summed E-state index contributed by atoms with van der Waals surface area (Å²) < 4.78 is 5.57. The molecule has 1 saturated heterocycles. The quantitative estimate of drug-likeness (QED) is 0.844. The molecule has 1 fully saturated rings. The highest BCUT2D eigenvalue weighted by molar-refractivity contribution is 5.24. The van der Waals surface area contributed by atoms with E-state index in [4.69, 9.17) is 4.74 Å². The van der Waals surface area contributed by atoms with Crippen LogP contribution in [0.1, 0.15) is 30.0 Å². The first kappa shape index (κ1) is 11.6. The van der Waals surface area contributed by atoms with E-state index in [9.17, 15) is 0 Å². The summed E-state index contributed by atoms with van der Waals surface area (Å²) in [6.45, 7) is 3.95. The van der Waals surface area contributed by atoms with Crippen LogP contribution in [0.2, 0.25) is 0 Å². The molecule has 0 amide bonds. The Morgan fingerprint density at radius 2 is 2.06 bits per heavy atom. The highest BCUT2D eigenvalue weighted by Gasteiger charge is 2.23. The van der Waals surface area contributed by atoms with Crippen LogP contribution in [-0.4, -0.2) is 20.3 Å². The van der Waals surface area contributed by atoms with Crippen molar-refractivity contribution in [1.82, 2.24) is 5.32 Å². The first-order chi connectivity index (χ1) is 7.81. The zero-order valence-electron chi connectivity index (χ0n) is 10.2. The third kappa shape index (κ3) is 2.63. The average Bonchev–Trinajstić information content (AvgIpc) is 2.34. The summed E-state index contributed by atoms with van der Waals surface area (Å²) in [5, 5.41) is 3.43. The molecule has 0 aliphatic carbocycles. The molecule has 0 spiro atoms. The SMILES string of the molecule is CNC(c1ccc(C)cc1)C1CCCOC1. The van der Waals surface area contributed by atoms with Gasteiger partial charge in [-0.25, -0.2) is 0 Å². The van der Waals surface area contributed by atoms with Crippen LogP contribution >= 0.6 is 0 Å². The Labute approximate surface area is 98.0 Å². The van der Waals surface area contributed by atoms with Crippen LogP contribution in [-0.2, 0) is 4.74 Å². The zero-order valence-corrected chi connectivity index (χ0v) is 10.2. The van der Waals surface area contributed by atoms with E-state index in [1.54, 1.807) is 0 Å². The smallest absolute Gasteiger partial charge is 0.0512 e. The highest BCUT2D eigenvalue weighted by Crippen LogP contribution is 2.28. The Hall–Kier alpha value is -0.860. The maximum Gasteiger partial charge on any atom is 0.0512 e. The van der Waals surface area contributed by atoms with Crippen molar-refractivity contribution < 1.29 is 4.74 Å². The minimum Gasteiger partial charge on any atom is -0.381 e. The van der Waals surface area contributed by atoms with Crippen molar-refractivity contribution in [2.45, 2.75) is 25.8 Å². The Morgan fingerprint density at radius 1 is 1.31 bits per heavy atom. The lowest BCUT2D eigenvalue weighted by atomic mass is 9.88. The summed E-state index contributed by atoms with van der Waals surface area (Å²) in [7, 11) is 2.04. The van der Waals surface area contributed by atoms with Gasteiger partial charge in [0.1, 0.15) is 0 Å². The second-order valence-electron chi connectivity index (χ2n) is 4.65. The van der Waals surface area contributed by atoms with Gasteiger partial charge in [0.2, 0.25) is 0 Å². The minimum atomic E-state index is 0.431. The number of ether oxygens (including phenoxy) is 1. The van der Waals surface area contributed by atoms with Gasteiger partial charge in [-0.05, 0) is 32.4 Å². The molecule has 2 nitrogen and oxygen atoms in total. The zero-order chi connectivity index (χ0) is 11.4. The maximum absolute atomic E-state index is 5.57. The summed E-state index contributed by atoms with van der Waals surface area (Å²) >= 11 is 0. The molecule has 16 heavy (non-hydrogen) atoms. The molecule has 2 rings (SSSR count). The Balaban J connectivity index is 2.11. The Morgan fingerprint density at radius 3 is 2.62 bits per heavy atom. The molecule has 1 N–H and O–H groups in total. The molecule has 0 radical (unpaired) electrons. The summed E-state index contributed by atoms with van der Waals surface area (Å²) in [5.74, 6) is 0.612. The lowest BCUT2D eigenvalue weighted by Crippen LogP contribution is -2.31. The van der Waals surface area contributed by atoms with Gasteiger partial charge < -0.3 is 10.1 Å². The molecular formula is C14H21NO. The van der Waals surface area contributed by atoms with Crippen LogP contribution in [0.5, 0.6) is 0 Å². The van der Waals surface area contributed by atoms with Gasteiger partial charge in [-0.1, -0.05) is 29.8 Å². The number of nitrogens with one attached hydrogen (secondary N) is 1. The van der Waals surface area contributed by atoms with E-state index in [2.05, 4.69) is 36.5 Å². The van der Waals surface area contributed by atoms with Gasteiger partial charge in [0.25, 0.3) is 0 Å². The molecule has 1 aliphatic heterocycles. The fraction of sp³-hybridized carbons (Fsp3) is 0.571. The van der Waals surface area contributed by atoms with Crippen LogP contribution in [0.15, 0.2) is 24.3 Å². The number of hydrogen-bond acceptors (Lipinski definition) is 2. The normalized spacial score (nSPS) is 23.0. The molecule has 1 aromatic rings. The lowest BCUT2D eigenvalue weighted by Gasteiger charge is -2.30. The van der Waals surface area contributed by atoms with Crippen LogP contribution < -0.4 is 5.32 Å². The van der Waals surface area contributed by atoms with Crippen molar-refractivity contribution in [2.75, 3.05) is 20.3 Å². The predicted molar refractivity (Wildman–Crippen MR) is 66.5 cm³/mol. The van der Waals surface area contributed by atoms with Crippen molar-refractivity contribution in [3.63, 3.8) is 0 Å². The molecule has 88 valence electrons. The van der Waals surface area contributed by atoms with Crippen LogP contribution in [0.25, 0.3) is 0 Å². The van der Waals surface area contributed by atoms with Crippen molar-refractivity contribution in [1.29, 1.82) is 0 Å². The number of hydrogen-bond donors (Lipinski definition) is 1. The summed E-state index contributed by atoms with van der Waals surface area (Å²) in [5.41, 5.74) is 2.70. The van der Waals surface area contributed by atoms with Crippen molar-refractivity contribution in [3.8, 4) is 0 Å². The van der Waals surface area contributed by atoms with E-state index in [1.165, 1.54) is 24.0 Å².